The number of rotatable bonds is 5. The fraction of sp³-hybridized carbons (Fsp3) is 0.278. The topological polar surface area (TPSA) is 27.3 Å². The van der Waals surface area contributed by atoms with Crippen molar-refractivity contribution in [2.45, 2.75) is 20.8 Å². The third kappa shape index (κ3) is 4.85. The molecule has 0 saturated carbocycles. The van der Waals surface area contributed by atoms with E-state index in [0.717, 1.165) is 30.0 Å². The molecular weight excluding hydrogens is 326 g/mol. The summed E-state index contributed by atoms with van der Waals surface area (Å²) in [4.78, 5) is 2.32. The summed E-state index contributed by atoms with van der Waals surface area (Å²) in [5, 5.41) is 7.67. The number of nitrogens with one attached hydrogen (secondary N) is 2. The second-order valence-corrected chi connectivity index (χ2v) is 6.10. The lowest BCUT2D eigenvalue weighted by Gasteiger charge is -2.22. The molecule has 0 fully saturated rings. The largest absolute Gasteiger partial charge is 0.372 e. The van der Waals surface area contributed by atoms with Gasteiger partial charge in [-0.2, -0.15) is 0 Å². The second-order valence-electron chi connectivity index (χ2n) is 5.26. The maximum absolute atomic E-state index is 5.88. The predicted molar refractivity (Wildman–Crippen MR) is 106 cm³/mol. The van der Waals surface area contributed by atoms with Crippen LogP contribution in [0.2, 0.25) is 5.02 Å². The molecule has 0 aliphatic carbocycles. The van der Waals surface area contributed by atoms with Gasteiger partial charge in [0.25, 0.3) is 0 Å². The number of aryl methyl sites for hydroxylation is 1. The van der Waals surface area contributed by atoms with Gasteiger partial charge in [0.05, 0.1) is 0 Å². The Balaban J connectivity index is 2.04. The molecule has 0 radical (unpaired) electrons. The van der Waals surface area contributed by atoms with Crippen molar-refractivity contribution in [2.24, 2.45) is 0 Å². The van der Waals surface area contributed by atoms with Gasteiger partial charge in [-0.25, -0.2) is 0 Å². The molecule has 2 rings (SSSR count). The predicted octanol–water partition coefficient (Wildman–Crippen LogP) is 5.30. The summed E-state index contributed by atoms with van der Waals surface area (Å²) in [6.45, 7) is 8.41. The molecular formula is C18H22ClN3S. The van der Waals surface area contributed by atoms with E-state index in [2.05, 4.69) is 54.5 Å². The van der Waals surface area contributed by atoms with E-state index >= 15 is 0 Å². The Hall–Kier alpha value is -1.78. The highest BCUT2D eigenvalue weighted by atomic mass is 35.5. The molecule has 5 heteroatoms. The summed E-state index contributed by atoms with van der Waals surface area (Å²) in [5.41, 5.74) is 4.31. The summed E-state index contributed by atoms with van der Waals surface area (Å²) in [7, 11) is 0. The Labute approximate surface area is 148 Å². The van der Waals surface area contributed by atoms with E-state index in [1.165, 1.54) is 5.69 Å². The Morgan fingerprint density at radius 3 is 2.26 bits per heavy atom. The van der Waals surface area contributed by atoms with Crippen LogP contribution in [-0.2, 0) is 0 Å². The normalized spacial score (nSPS) is 10.3. The monoisotopic (exact) mass is 347 g/mol. The van der Waals surface area contributed by atoms with Gasteiger partial charge in [-0.15, -0.1) is 0 Å². The van der Waals surface area contributed by atoms with Crippen molar-refractivity contribution in [3.05, 3.63) is 53.1 Å². The molecule has 0 spiro atoms. The van der Waals surface area contributed by atoms with Crippen LogP contribution in [0.4, 0.5) is 17.1 Å². The van der Waals surface area contributed by atoms with Crippen molar-refractivity contribution in [2.75, 3.05) is 28.6 Å². The standard InChI is InChI=1S/C18H22ClN3S/c1-4-22(5-2)16-10-11-17(13(3)12-16)21-18(23)20-15-8-6-14(19)7-9-15/h6-12H,4-5H2,1-3H3,(H2,20,21,23). The molecule has 0 amide bonds. The number of benzene rings is 2. The van der Waals surface area contributed by atoms with Gasteiger partial charge < -0.3 is 15.5 Å². The third-order valence-electron chi connectivity index (χ3n) is 3.69. The number of hydrogen-bond acceptors (Lipinski definition) is 2. The molecule has 2 N–H and O–H groups in total. The lowest BCUT2D eigenvalue weighted by Crippen LogP contribution is -2.22. The fourth-order valence-corrected chi connectivity index (χ4v) is 2.75. The van der Waals surface area contributed by atoms with Gasteiger partial charge in [0, 0.05) is 35.2 Å². The van der Waals surface area contributed by atoms with Crippen LogP contribution < -0.4 is 15.5 Å². The summed E-state index contributed by atoms with van der Waals surface area (Å²) >= 11 is 11.3. The van der Waals surface area contributed by atoms with E-state index in [0.29, 0.717) is 10.1 Å². The Bertz CT molecular complexity index is 666. The lowest BCUT2D eigenvalue weighted by molar-refractivity contribution is 0.866. The van der Waals surface area contributed by atoms with E-state index in [-0.39, 0.29) is 0 Å². The van der Waals surface area contributed by atoms with Crippen molar-refractivity contribution in [3.8, 4) is 0 Å². The molecule has 0 aliphatic heterocycles. The minimum atomic E-state index is 0.561. The van der Waals surface area contributed by atoms with Crippen molar-refractivity contribution in [1.82, 2.24) is 0 Å². The van der Waals surface area contributed by atoms with Gasteiger partial charge in [-0.3, -0.25) is 0 Å². The van der Waals surface area contributed by atoms with E-state index in [1.807, 2.05) is 24.3 Å². The van der Waals surface area contributed by atoms with E-state index in [4.69, 9.17) is 23.8 Å². The zero-order chi connectivity index (χ0) is 16.8. The van der Waals surface area contributed by atoms with E-state index in [9.17, 15) is 0 Å². The SMILES string of the molecule is CCN(CC)c1ccc(NC(=S)Nc2ccc(Cl)cc2)c(C)c1. The minimum Gasteiger partial charge on any atom is -0.372 e. The highest BCUT2D eigenvalue weighted by Gasteiger charge is 2.06. The van der Waals surface area contributed by atoms with Gasteiger partial charge in [0.15, 0.2) is 5.11 Å². The molecule has 2 aromatic rings. The van der Waals surface area contributed by atoms with Crippen LogP contribution in [0.15, 0.2) is 42.5 Å². The van der Waals surface area contributed by atoms with Crippen LogP contribution in [0.25, 0.3) is 0 Å². The number of halogens is 1. The molecule has 0 aromatic heterocycles. The summed E-state index contributed by atoms with van der Waals surface area (Å²) in [6, 6.07) is 13.8. The highest BCUT2D eigenvalue weighted by molar-refractivity contribution is 7.80. The van der Waals surface area contributed by atoms with Crippen molar-refractivity contribution >= 4 is 46.0 Å². The number of thiocarbonyl (C=S) groups is 1. The van der Waals surface area contributed by atoms with Gasteiger partial charge in [-0.05, 0) is 81.0 Å². The first-order valence-electron chi connectivity index (χ1n) is 7.72. The van der Waals surface area contributed by atoms with Crippen LogP contribution >= 0.6 is 23.8 Å². The van der Waals surface area contributed by atoms with Crippen molar-refractivity contribution in [1.29, 1.82) is 0 Å². The zero-order valence-electron chi connectivity index (χ0n) is 13.7. The van der Waals surface area contributed by atoms with Gasteiger partial charge in [0.1, 0.15) is 0 Å². The number of hydrogen-bond donors (Lipinski definition) is 2. The van der Waals surface area contributed by atoms with Crippen LogP contribution in [0, 0.1) is 6.92 Å². The molecule has 0 unspecified atom stereocenters. The smallest absolute Gasteiger partial charge is 0.175 e. The molecule has 0 atom stereocenters. The number of anilines is 3. The fourth-order valence-electron chi connectivity index (χ4n) is 2.39. The first kappa shape index (κ1) is 17.6. The Morgan fingerprint density at radius 1 is 1.04 bits per heavy atom. The molecule has 23 heavy (non-hydrogen) atoms. The van der Waals surface area contributed by atoms with Crippen LogP contribution in [-0.4, -0.2) is 18.2 Å². The van der Waals surface area contributed by atoms with Crippen molar-refractivity contribution < 1.29 is 0 Å². The summed E-state index contributed by atoms with van der Waals surface area (Å²) in [5.74, 6) is 0. The molecule has 0 saturated heterocycles. The molecule has 122 valence electrons. The highest BCUT2D eigenvalue weighted by Crippen LogP contribution is 2.23. The zero-order valence-corrected chi connectivity index (χ0v) is 15.3. The second kappa shape index (κ2) is 8.18. The van der Waals surface area contributed by atoms with Gasteiger partial charge >= 0.3 is 0 Å². The van der Waals surface area contributed by atoms with Crippen molar-refractivity contribution in [3.63, 3.8) is 0 Å². The minimum absolute atomic E-state index is 0.561. The van der Waals surface area contributed by atoms with Crippen LogP contribution in [0.1, 0.15) is 19.4 Å². The molecule has 2 aromatic carbocycles. The first-order valence-corrected chi connectivity index (χ1v) is 8.51. The lowest BCUT2D eigenvalue weighted by atomic mass is 10.1. The first-order chi connectivity index (χ1) is 11.0. The maximum atomic E-state index is 5.88. The summed E-state index contributed by atoms with van der Waals surface area (Å²) in [6.07, 6.45) is 0. The number of nitrogens with zero attached hydrogens (tertiary/aromatic N) is 1. The average Bonchev–Trinajstić information content (AvgIpc) is 2.53. The molecule has 3 nitrogen and oxygen atoms in total. The van der Waals surface area contributed by atoms with Crippen LogP contribution in [0.5, 0.6) is 0 Å². The third-order valence-corrected chi connectivity index (χ3v) is 4.14. The van der Waals surface area contributed by atoms with E-state index < -0.39 is 0 Å². The molecule has 0 aliphatic rings. The maximum Gasteiger partial charge on any atom is 0.175 e. The van der Waals surface area contributed by atoms with Gasteiger partial charge in [-0.1, -0.05) is 11.6 Å². The Morgan fingerprint density at radius 2 is 1.70 bits per heavy atom. The summed E-state index contributed by atoms with van der Waals surface area (Å²) < 4.78 is 0. The Kier molecular flexibility index (Phi) is 6.25. The molecule has 0 bridgehead atoms. The average molecular weight is 348 g/mol. The van der Waals surface area contributed by atoms with E-state index in [1.54, 1.807) is 0 Å². The molecule has 0 heterocycles. The quantitative estimate of drug-likeness (QED) is 0.717. The van der Waals surface area contributed by atoms with Crippen LogP contribution in [0.3, 0.4) is 0 Å². The van der Waals surface area contributed by atoms with Gasteiger partial charge in [0.2, 0.25) is 0 Å².